The van der Waals surface area contributed by atoms with Crippen LogP contribution in [0.1, 0.15) is 0 Å². The van der Waals surface area contributed by atoms with E-state index in [1.165, 1.54) is 11.1 Å². The summed E-state index contributed by atoms with van der Waals surface area (Å²) in [5, 5.41) is 8.59. The van der Waals surface area contributed by atoms with Crippen molar-refractivity contribution in [2.75, 3.05) is 18.8 Å². The molecule has 1 aromatic heterocycles. The van der Waals surface area contributed by atoms with Gasteiger partial charge in [-0.2, -0.15) is 0 Å². The van der Waals surface area contributed by atoms with Gasteiger partial charge in [-0.15, -0.1) is 0 Å². The Bertz CT molecular complexity index is 359. The number of ether oxygens (including phenoxy) is 1. The van der Waals surface area contributed by atoms with Crippen LogP contribution in [0.3, 0.4) is 0 Å². The quantitative estimate of drug-likeness (QED) is 0.736. The van der Waals surface area contributed by atoms with Crippen LogP contribution in [0.25, 0.3) is 0 Å². The van der Waals surface area contributed by atoms with Gasteiger partial charge < -0.3 is 20.5 Å². The molecule has 2 rings (SSSR count). The number of aromatic nitrogens is 1. The Hall–Kier alpha value is -1.98. The summed E-state index contributed by atoms with van der Waals surface area (Å²) >= 11 is 0. The van der Waals surface area contributed by atoms with E-state index in [0.29, 0.717) is 24.7 Å². The highest BCUT2D eigenvalue weighted by atomic mass is 16.5. The molecular formula is C9H11N3O3. The van der Waals surface area contributed by atoms with Crippen molar-refractivity contribution in [2.24, 2.45) is 0 Å². The number of pyridine rings is 1. The summed E-state index contributed by atoms with van der Waals surface area (Å²) in [7, 11) is 0. The van der Waals surface area contributed by atoms with Crippen LogP contribution in [-0.2, 0) is 0 Å². The van der Waals surface area contributed by atoms with E-state index in [4.69, 9.17) is 15.6 Å². The van der Waals surface area contributed by atoms with Crippen LogP contribution in [0, 0.1) is 0 Å². The molecule has 0 spiro atoms. The summed E-state index contributed by atoms with van der Waals surface area (Å²) in [6, 6.07) is 3.36. The van der Waals surface area contributed by atoms with E-state index in [1.54, 1.807) is 12.1 Å². The van der Waals surface area contributed by atoms with E-state index in [-0.39, 0.29) is 6.10 Å². The van der Waals surface area contributed by atoms with Crippen molar-refractivity contribution in [2.45, 2.75) is 6.10 Å². The van der Waals surface area contributed by atoms with Gasteiger partial charge in [-0.1, -0.05) is 0 Å². The van der Waals surface area contributed by atoms with Gasteiger partial charge in [0.15, 0.2) is 0 Å². The fourth-order valence-corrected chi connectivity index (χ4v) is 1.32. The van der Waals surface area contributed by atoms with E-state index in [0.717, 1.165) is 0 Å². The Morgan fingerprint density at radius 1 is 1.60 bits per heavy atom. The first kappa shape index (κ1) is 9.57. The van der Waals surface area contributed by atoms with Crippen LogP contribution >= 0.6 is 0 Å². The van der Waals surface area contributed by atoms with Crippen molar-refractivity contribution in [1.82, 2.24) is 9.88 Å². The average molecular weight is 209 g/mol. The fourth-order valence-electron chi connectivity index (χ4n) is 1.32. The van der Waals surface area contributed by atoms with Gasteiger partial charge in [0.05, 0.1) is 19.3 Å². The molecule has 1 fully saturated rings. The standard InChI is InChI=1S/C9H11N3O3/c10-8-2-1-6(3-11-8)15-7-4-12(5-7)9(13)14/h1-3,7H,4-5H2,(H2,10,11)(H,13,14). The maximum atomic E-state index is 10.5. The Morgan fingerprint density at radius 3 is 2.87 bits per heavy atom. The predicted molar refractivity (Wildman–Crippen MR) is 52.7 cm³/mol. The number of nitrogens with zero attached hydrogens (tertiary/aromatic N) is 2. The molecule has 0 aliphatic carbocycles. The van der Waals surface area contributed by atoms with Crippen molar-refractivity contribution < 1.29 is 14.6 Å². The van der Waals surface area contributed by atoms with Crippen molar-refractivity contribution in [1.29, 1.82) is 0 Å². The summed E-state index contributed by atoms with van der Waals surface area (Å²) in [4.78, 5) is 15.6. The third kappa shape index (κ3) is 2.09. The topological polar surface area (TPSA) is 88.7 Å². The number of carboxylic acid groups (broad SMARTS) is 1. The fraction of sp³-hybridized carbons (Fsp3) is 0.333. The second-order valence-electron chi connectivity index (χ2n) is 3.35. The molecule has 3 N–H and O–H groups in total. The Balaban J connectivity index is 1.85. The average Bonchev–Trinajstić information content (AvgIpc) is 2.13. The lowest BCUT2D eigenvalue weighted by molar-refractivity contribution is 0.0250. The summed E-state index contributed by atoms with van der Waals surface area (Å²) in [5.41, 5.74) is 5.41. The Labute approximate surface area is 86.3 Å². The monoisotopic (exact) mass is 209 g/mol. The van der Waals surface area contributed by atoms with Crippen molar-refractivity contribution in [3.8, 4) is 5.75 Å². The van der Waals surface area contributed by atoms with Crippen molar-refractivity contribution >= 4 is 11.9 Å². The minimum atomic E-state index is -0.912. The molecule has 1 saturated heterocycles. The van der Waals surface area contributed by atoms with Gasteiger partial charge in [0.25, 0.3) is 0 Å². The molecule has 1 aromatic rings. The highest BCUT2D eigenvalue weighted by molar-refractivity contribution is 5.66. The molecule has 80 valence electrons. The molecule has 6 nitrogen and oxygen atoms in total. The van der Waals surface area contributed by atoms with Gasteiger partial charge in [-0.3, -0.25) is 0 Å². The highest BCUT2D eigenvalue weighted by Gasteiger charge is 2.31. The zero-order valence-electron chi connectivity index (χ0n) is 7.96. The number of rotatable bonds is 2. The summed E-state index contributed by atoms with van der Waals surface area (Å²) in [5.74, 6) is 1.04. The molecule has 15 heavy (non-hydrogen) atoms. The van der Waals surface area contributed by atoms with Gasteiger partial charge in [-0.05, 0) is 12.1 Å². The smallest absolute Gasteiger partial charge is 0.407 e. The number of carbonyl (C=O) groups is 1. The maximum Gasteiger partial charge on any atom is 0.407 e. The number of hydrogen-bond acceptors (Lipinski definition) is 4. The molecule has 0 unspecified atom stereocenters. The molecule has 2 heterocycles. The summed E-state index contributed by atoms with van der Waals surface area (Å²) in [6.07, 6.45) is 0.537. The lowest BCUT2D eigenvalue weighted by Gasteiger charge is -2.36. The molecule has 1 aliphatic rings. The van der Waals surface area contributed by atoms with Crippen LogP contribution < -0.4 is 10.5 Å². The zero-order chi connectivity index (χ0) is 10.8. The molecule has 6 heteroatoms. The van der Waals surface area contributed by atoms with E-state index in [1.807, 2.05) is 0 Å². The molecule has 0 atom stereocenters. The van der Waals surface area contributed by atoms with Crippen molar-refractivity contribution in [3.05, 3.63) is 18.3 Å². The van der Waals surface area contributed by atoms with Crippen LogP contribution in [0.2, 0.25) is 0 Å². The highest BCUT2D eigenvalue weighted by Crippen LogP contribution is 2.17. The molecule has 0 aromatic carbocycles. The third-order valence-electron chi connectivity index (χ3n) is 2.18. The first-order valence-electron chi connectivity index (χ1n) is 4.51. The first-order valence-corrected chi connectivity index (χ1v) is 4.51. The predicted octanol–water partition coefficient (Wildman–Crippen LogP) is 0.405. The van der Waals surface area contributed by atoms with E-state index >= 15 is 0 Å². The van der Waals surface area contributed by atoms with Gasteiger partial charge in [0.2, 0.25) is 0 Å². The van der Waals surface area contributed by atoms with Crippen LogP contribution in [0.15, 0.2) is 18.3 Å². The van der Waals surface area contributed by atoms with Gasteiger partial charge in [0.1, 0.15) is 17.7 Å². The molecular weight excluding hydrogens is 198 g/mol. The first-order chi connectivity index (χ1) is 7.15. The van der Waals surface area contributed by atoms with E-state index in [2.05, 4.69) is 4.98 Å². The normalized spacial score (nSPS) is 15.9. The van der Waals surface area contributed by atoms with Gasteiger partial charge in [0, 0.05) is 0 Å². The van der Waals surface area contributed by atoms with Gasteiger partial charge in [-0.25, -0.2) is 9.78 Å². The SMILES string of the molecule is Nc1ccc(OC2CN(C(=O)O)C2)cn1. The van der Waals surface area contributed by atoms with E-state index in [9.17, 15) is 4.79 Å². The number of anilines is 1. The molecule has 0 bridgehead atoms. The van der Waals surface area contributed by atoms with Crippen LogP contribution in [-0.4, -0.2) is 40.3 Å². The van der Waals surface area contributed by atoms with Crippen LogP contribution in [0.5, 0.6) is 5.75 Å². The minimum Gasteiger partial charge on any atom is -0.485 e. The van der Waals surface area contributed by atoms with Crippen LogP contribution in [0.4, 0.5) is 10.6 Å². The summed E-state index contributed by atoms with van der Waals surface area (Å²) < 4.78 is 5.46. The molecule has 0 saturated carbocycles. The lowest BCUT2D eigenvalue weighted by atomic mass is 10.2. The zero-order valence-corrected chi connectivity index (χ0v) is 7.96. The number of likely N-dealkylation sites (tertiary alicyclic amines) is 1. The maximum absolute atomic E-state index is 10.5. The molecule has 0 radical (unpaired) electrons. The largest absolute Gasteiger partial charge is 0.485 e. The number of hydrogen-bond donors (Lipinski definition) is 2. The lowest BCUT2D eigenvalue weighted by Crippen LogP contribution is -2.55. The second kappa shape index (κ2) is 3.64. The van der Waals surface area contributed by atoms with Gasteiger partial charge >= 0.3 is 6.09 Å². The number of nitrogen functional groups attached to an aromatic ring is 1. The Kier molecular flexibility index (Phi) is 2.32. The Morgan fingerprint density at radius 2 is 2.33 bits per heavy atom. The molecule has 1 amide bonds. The second-order valence-corrected chi connectivity index (χ2v) is 3.35. The minimum absolute atomic E-state index is 0.0773. The van der Waals surface area contributed by atoms with Crippen molar-refractivity contribution in [3.63, 3.8) is 0 Å². The molecule has 1 aliphatic heterocycles. The number of nitrogens with two attached hydrogens (primary N) is 1. The van der Waals surface area contributed by atoms with E-state index < -0.39 is 6.09 Å². The summed E-state index contributed by atoms with van der Waals surface area (Å²) in [6.45, 7) is 0.805. The number of amides is 1. The third-order valence-corrected chi connectivity index (χ3v) is 2.18.